The molecule has 0 saturated carbocycles. The molecule has 0 aromatic heterocycles. The zero-order valence-electron chi connectivity index (χ0n) is 16.3. The van der Waals surface area contributed by atoms with Crippen LogP contribution in [0.4, 0.5) is 11.4 Å². The van der Waals surface area contributed by atoms with Crippen molar-refractivity contribution in [3.05, 3.63) is 46.5 Å². The first-order valence-corrected chi connectivity index (χ1v) is 9.53. The lowest BCUT2D eigenvalue weighted by Gasteiger charge is -2.16. The van der Waals surface area contributed by atoms with Crippen molar-refractivity contribution in [1.29, 1.82) is 0 Å². The second kappa shape index (κ2) is 8.85. The number of hydrogen-bond acceptors (Lipinski definition) is 7. The number of non-ortho nitro benzene ring substituents is 1. The van der Waals surface area contributed by atoms with Gasteiger partial charge in [-0.3, -0.25) is 34.2 Å². The van der Waals surface area contributed by atoms with E-state index in [1.807, 2.05) is 12.2 Å². The largest absolute Gasteiger partial charge is 0.452 e. The monoisotopic (exact) mass is 415 g/mol. The van der Waals surface area contributed by atoms with Crippen LogP contribution in [0.25, 0.3) is 0 Å². The minimum atomic E-state index is -1.16. The number of hydrogen-bond donors (Lipinski definition) is 1. The molecule has 2 aliphatic rings. The van der Waals surface area contributed by atoms with Gasteiger partial charge in [0.05, 0.1) is 23.2 Å². The molecule has 0 radical (unpaired) electrons. The van der Waals surface area contributed by atoms with E-state index in [4.69, 9.17) is 4.74 Å². The quantitative estimate of drug-likeness (QED) is 0.236. The second-order valence-electron chi connectivity index (χ2n) is 7.16. The van der Waals surface area contributed by atoms with E-state index in [-0.39, 0.29) is 48.0 Å². The smallest absolute Gasteiger partial charge is 0.308 e. The molecule has 3 amide bonds. The topological polar surface area (TPSA) is 136 Å². The van der Waals surface area contributed by atoms with Gasteiger partial charge >= 0.3 is 5.97 Å². The number of nitro groups is 1. The molecule has 0 bridgehead atoms. The summed E-state index contributed by atoms with van der Waals surface area (Å²) in [5.74, 6) is -2.67. The summed E-state index contributed by atoms with van der Waals surface area (Å²) in [6.07, 6.45) is 3.42. The number of rotatable bonds is 7. The Balaban J connectivity index is 1.49. The Morgan fingerprint density at radius 2 is 1.87 bits per heavy atom. The first-order chi connectivity index (χ1) is 14.3. The highest BCUT2D eigenvalue weighted by molar-refractivity contribution is 6.05. The molecule has 1 saturated heterocycles. The number of carbonyl (C=O) groups excluding carboxylic acids is 4. The maximum absolute atomic E-state index is 12.4. The molecular weight excluding hydrogens is 394 g/mol. The predicted molar refractivity (Wildman–Crippen MR) is 104 cm³/mol. The molecule has 10 nitrogen and oxygen atoms in total. The van der Waals surface area contributed by atoms with Gasteiger partial charge in [-0.25, -0.2) is 0 Å². The number of amides is 3. The van der Waals surface area contributed by atoms with E-state index < -0.39 is 22.9 Å². The molecule has 1 N–H and O–H groups in total. The summed E-state index contributed by atoms with van der Waals surface area (Å²) in [4.78, 5) is 60.3. The zero-order chi connectivity index (χ0) is 21.8. The molecule has 3 rings (SSSR count). The average Bonchev–Trinajstić information content (AvgIpc) is 2.97. The minimum absolute atomic E-state index is 0.0945. The Morgan fingerprint density at radius 1 is 1.23 bits per heavy atom. The maximum Gasteiger partial charge on any atom is 0.308 e. The summed E-state index contributed by atoms with van der Waals surface area (Å²) < 4.78 is 5.06. The van der Waals surface area contributed by atoms with Gasteiger partial charge in [0.2, 0.25) is 11.8 Å². The van der Waals surface area contributed by atoms with E-state index in [0.717, 1.165) is 4.90 Å². The van der Waals surface area contributed by atoms with Crippen molar-refractivity contribution in [3.63, 3.8) is 0 Å². The third-order valence-electron chi connectivity index (χ3n) is 5.14. The Morgan fingerprint density at radius 3 is 2.47 bits per heavy atom. The Labute approximate surface area is 172 Å². The lowest BCUT2D eigenvalue weighted by molar-refractivity contribution is -0.384. The van der Waals surface area contributed by atoms with Gasteiger partial charge in [0.1, 0.15) is 0 Å². The fourth-order valence-electron chi connectivity index (χ4n) is 3.54. The number of nitrogens with one attached hydrogen (secondary N) is 1. The number of anilines is 1. The number of benzene rings is 1. The summed E-state index contributed by atoms with van der Waals surface area (Å²) in [5, 5.41) is 13.2. The molecule has 1 aromatic carbocycles. The van der Waals surface area contributed by atoms with Crippen molar-refractivity contribution in [2.24, 2.45) is 11.8 Å². The molecule has 1 aromatic rings. The van der Waals surface area contributed by atoms with Gasteiger partial charge in [-0.05, 0) is 25.8 Å². The standard InChI is InChI=1S/C20H21N3O7/c1-12(18(25)21-13-5-4-6-14(11-13)23(28)29)30-17(24)9-10-22-19(26)15-7-2-3-8-16(15)20(22)27/h2-6,11-12,15-16H,7-10H2,1H3,(H,21,25)/t12-,15-,16-/m0/s1. The van der Waals surface area contributed by atoms with Crippen LogP contribution in [0.1, 0.15) is 26.2 Å². The number of esters is 1. The number of allylic oxidation sites excluding steroid dienone is 2. The van der Waals surface area contributed by atoms with Crippen molar-refractivity contribution in [2.45, 2.75) is 32.3 Å². The van der Waals surface area contributed by atoms with Crippen LogP contribution in [0.5, 0.6) is 0 Å². The molecule has 0 spiro atoms. The number of nitrogens with zero attached hydrogens (tertiary/aromatic N) is 2. The van der Waals surface area contributed by atoms with Crippen LogP contribution in [0.2, 0.25) is 0 Å². The Hall–Kier alpha value is -3.56. The van der Waals surface area contributed by atoms with Crippen LogP contribution in [0, 0.1) is 22.0 Å². The van der Waals surface area contributed by atoms with E-state index in [9.17, 15) is 29.3 Å². The van der Waals surface area contributed by atoms with Crippen molar-refractivity contribution in [3.8, 4) is 0 Å². The number of imide groups is 1. The van der Waals surface area contributed by atoms with Crippen LogP contribution in [-0.2, 0) is 23.9 Å². The van der Waals surface area contributed by atoms with Crippen molar-refractivity contribution in [1.82, 2.24) is 4.90 Å². The zero-order valence-corrected chi connectivity index (χ0v) is 16.3. The number of nitro benzene ring substituents is 1. The number of ether oxygens (including phenoxy) is 1. The molecule has 1 aliphatic heterocycles. The van der Waals surface area contributed by atoms with E-state index >= 15 is 0 Å². The number of likely N-dealkylation sites (tertiary alicyclic amines) is 1. The molecule has 1 aliphatic carbocycles. The van der Waals surface area contributed by atoms with Gasteiger partial charge in [-0.1, -0.05) is 18.2 Å². The highest BCUT2D eigenvalue weighted by atomic mass is 16.6. The Kier molecular flexibility index (Phi) is 6.24. The van der Waals surface area contributed by atoms with Gasteiger partial charge < -0.3 is 10.1 Å². The van der Waals surface area contributed by atoms with Gasteiger partial charge in [-0.2, -0.15) is 0 Å². The third kappa shape index (κ3) is 4.53. The van der Waals surface area contributed by atoms with Gasteiger partial charge in [0.15, 0.2) is 6.10 Å². The van der Waals surface area contributed by atoms with Crippen LogP contribution < -0.4 is 5.32 Å². The van der Waals surface area contributed by atoms with Crippen LogP contribution in [0.15, 0.2) is 36.4 Å². The van der Waals surface area contributed by atoms with Crippen molar-refractivity contribution < 1.29 is 28.8 Å². The third-order valence-corrected chi connectivity index (χ3v) is 5.14. The summed E-state index contributed by atoms with van der Waals surface area (Å²) in [5.41, 5.74) is 0.00901. The fraction of sp³-hybridized carbons (Fsp3) is 0.400. The first kappa shape index (κ1) is 21.2. The normalized spacial score (nSPS) is 21.2. The van der Waals surface area contributed by atoms with E-state index in [1.165, 1.54) is 31.2 Å². The SMILES string of the molecule is C[C@H](OC(=O)CCN1C(=O)[C@H]2CC=CC[C@@H]2C1=O)C(=O)Nc1cccc([N+](=O)[O-])c1. The minimum Gasteiger partial charge on any atom is -0.452 e. The molecule has 1 fully saturated rings. The lowest BCUT2D eigenvalue weighted by Crippen LogP contribution is -2.35. The summed E-state index contributed by atoms with van der Waals surface area (Å²) in [7, 11) is 0. The van der Waals surface area contributed by atoms with E-state index in [1.54, 1.807) is 0 Å². The van der Waals surface area contributed by atoms with Crippen LogP contribution in [-0.4, -0.2) is 46.2 Å². The Bertz CT molecular complexity index is 901. The molecule has 3 atom stereocenters. The summed E-state index contributed by atoms with van der Waals surface area (Å²) in [6, 6.07) is 5.36. The van der Waals surface area contributed by atoms with Gasteiger partial charge in [0.25, 0.3) is 11.6 Å². The molecule has 1 heterocycles. The summed E-state index contributed by atoms with van der Waals surface area (Å²) in [6.45, 7) is 1.26. The van der Waals surface area contributed by atoms with E-state index in [2.05, 4.69) is 5.32 Å². The first-order valence-electron chi connectivity index (χ1n) is 9.53. The molecule has 0 unspecified atom stereocenters. The molecule has 30 heavy (non-hydrogen) atoms. The number of fused-ring (bicyclic) bond motifs is 1. The van der Waals surface area contributed by atoms with Gasteiger partial charge in [0, 0.05) is 24.4 Å². The molecule has 158 valence electrons. The van der Waals surface area contributed by atoms with Gasteiger partial charge in [-0.15, -0.1) is 0 Å². The highest BCUT2D eigenvalue weighted by Gasteiger charge is 2.47. The number of carbonyl (C=O) groups is 4. The lowest BCUT2D eigenvalue weighted by atomic mass is 9.85. The predicted octanol–water partition coefficient (Wildman–Crippen LogP) is 1.81. The second-order valence-corrected chi connectivity index (χ2v) is 7.16. The van der Waals surface area contributed by atoms with Crippen LogP contribution in [0.3, 0.4) is 0 Å². The summed E-state index contributed by atoms with van der Waals surface area (Å²) >= 11 is 0. The van der Waals surface area contributed by atoms with Crippen molar-refractivity contribution in [2.75, 3.05) is 11.9 Å². The fourth-order valence-corrected chi connectivity index (χ4v) is 3.54. The molecule has 10 heteroatoms. The highest BCUT2D eigenvalue weighted by Crippen LogP contribution is 2.35. The maximum atomic E-state index is 12.4. The average molecular weight is 415 g/mol. The molecular formula is C20H21N3O7. The van der Waals surface area contributed by atoms with E-state index in [0.29, 0.717) is 12.8 Å². The van der Waals surface area contributed by atoms with Crippen LogP contribution >= 0.6 is 0 Å². The van der Waals surface area contributed by atoms with Crippen molar-refractivity contribution >= 4 is 35.1 Å².